The number of aliphatic hydroxyl groups is 2. The van der Waals surface area contributed by atoms with Crippen LogP contribution in [-0.4, -0.2) is 46.7 Å². The largest absolute Gasteiger partial charge is 0.455 e. The first-order valence-corrected chi connectivity index (χ1v) is 18.4. The maximum Gasteiger partial charge on any atom is 0.334 e. The molecule has 2 rings (SSSR count). The van der Waals surface area contributed by atoms with E-state index >= 15 is 0 Å². The quantitative estimate of drug-likeness (QED) is 0.0698. The molecule has 1 fully saturated rings. The van der Waals surface area contributed by atoms with Crippen LogP contribution in [0.2, 0.25) is 0 Å². The Kier molecular flexibility index (Phi) is 21.7. The highest BCUT2D eigenvalue weighted by Crippen LogP contribution is 2.28. The lowest BCUT2D eigenvalue weighted by Crippen LogP contribution is -2.31. The predicted molar refractivity (Wildman–Crippen MR) is 175 cm³/mol. The number of hydrogen-bond donors (Lipinski definition) is 2. The summed E-state index contributed by atoms with van der Waals surface area (Å²) >= 11 is 0. The highest BCUT2D eigenvalue weighted by molar-refractivity contribution is 5.90. The minimum Gasteiger partial charge on any atom is -0.455 e. The number of carbonyl (C=O) groups is 1. The molecule has 0 saturated carbocycles. The Balaban J connectivity index is 1.32. The van der Waals surface area contributed by atoms with Gasteiger partial charge in [0.2, 0.25) is 0 Å². The third kappa shape index (κ3) is 17.4. The Labute approximate surface area is 259 Å². The zero-order valence-corrected chi connectivity index (χ0v) is 27.7. The van der Waals surface area contributed by atoms with Crippen LogP contribution in [0.4, 0.5) is 0 Å². The van der Waals surface area contributed by atoms with Gasteiger partial charge in [0, 0.05) is 5.57 Å². The molecule has 0 aromatic heterocycles. The third-order valence-electron chi connectivity index (χ3n) is 9.48. The second-order valence-electron chi connectivity index (χ2n) is 13.5. The fourth-order valence-electron chi connectivity index (χ4n) is 6.72. The van der Waals surface area contributed by atoms with Crippen molar-refractivity contribution in [3.8, 4) is 0 Å². The molecule has 0 bridgehead atoms. The first-order valence-electron chi connectivity index (χ1n) is 18.4. The van der Waals surface area contributed by atoms with Gasteiger partial charge in [-0.1, -0.05) is 142 Å². The predicted octanol–water partition coefficient (Wildman–Crippen LogP) is 9.90. The number of unbranched alkanes of at least 4 members (excludes halogenated alkanes) is 20. The van der Waals surface area contributed by atoms with E-state index in [9.17, 15) is 15.0 Å². The van der Waals surface area contributed by atoms with Crippen molar-refractivity contribution in [1.82, 2.24) is 0 Å². The number of aliphatic hydroxyl groups excluding tert-OH is 2. The van der Waals surface area contributed by atoms with Crippen LogP contribution in [0, 0.1) is 0 Å². The molecule has 0 amide bonds. The molecule has 2 heterocycles. The van der Waals surface area contributed by atoms with Crippen LogP contribution in [0.15, 0.2) is 11.6 Å². The van der Waals surface area contributed by atoms with E-state index < -0.39 is 0 Å². The molecule has 42 heavy (non-hydrogen) atoms. The lowest BCUT2D eigenvalue weighted by atomic mass is 10.00. The van der Waals surface area contributed by atoms with Gasteiger partial charge in [0.1, 0.15) is 6.10 Å². The van der Waals surface area contributed by atoms with Gasteiger partial charge < -0.3 is 19.7 Å². The molecule has 246 valence electrons. The SMILES string of the molecule is CCCCCCCCCCCC[C@H](O)[C@H]1CC[C@@H]([C@H](O)CCCCCCCCCCCCCCC2=C[C@@H](C)OC2=O)O1. The number of rotatable bonds is 28. The molecule has 0 unspecified atom stereocenters. The van der Waals surface area contributed by atoms with Gasteiger partial charge in [-0.3, -0.25) is 0 Å². The van der Waals surface area contributed by atoms with Gasteiger partial charge in [0.25, 0.3) is 0 Å². The molecule has 1 saturated heterocycles. The molecule has 0 radical (unpaired) electrons. The van der Waals surface area contributed by atoms with Crippen LogP contribution in [0.25, 0.3) is 0 Å². The normalized spacial score (nSPS) is 22.0. The van der Waals surface area contributed by atoms with E-state index in [1.165, 1.54) is 122 Å². The van der Waals surface area contributed by atoms with Crippen LogP contribution in [0.1, 0.15) is 187 Å². The third-order valence-corrected chi connectivity index (χ3v) is 9.48. The average molecular weight is 593 g/mol. The van der Waals surface area contributed by atoms with Crippen LogP contribution in [0.3, 0.4) is 0 Å². The monoisotopic (exact) mass is 593 g/mol. The Hall–Kier alpha value is -0.910. The van der Waals surface area contributed by atoms with Crippen molar-refractivity contribution in [2.24, 2.45) is 0 Å². The Morgan fingerprint density at radius 2 is 1.02 bits per heavy atom. The molecule has 2 aliphatic heterocycles. The summed E-state index contributed by atoms with van der Waals surface area (Å²) in [4.78, 5) is 11.6. The van der Waals surface area contributed by atoms with E-state index in [0.29, 0.717) is 0 Å². The maximum atomic E-state index is 11.6. The molecule has 5 nitrogen and oxygen atoms in total. The minimum atomic E-state index is -0.383. The number of hydrogen-bond acceptors (Lipinski definition) is 5. The van der Waals surface area contributed by atoms with Gasteiger partial charge in [0.05, 0.1) is 24.4 Å². The van der Waals surface area contributed by atoms with Crippen LogP contribution < -0.4 is 0 Å². The summed E-state index contributed by atoms with van der Waals surface area (Å²) < 4.78 is 11.3. The summed E-state index contributed by atoms with van der Waals surface area (Å²) in [6.07, 6.45) is 33.4. The minimum absolute atomic E-state index is 0.0387. The fourth-order valence-corrected chi connectivity index (χ4v) is 6.72. The molecule has 0 aliphatic carbocycles. The molecule has 5 atom stereocenters. The van der Waals surface area contributed by atoms with Crippen LogP contribution >= 0.6 is 0 Å². The summed E-state index contributed by atoms with van der Waals surface area (Å²) in [7, 11) is 0. The molecule has 2 N–H and O–H groups in total. The van der Waals surface area contributed by atoms with Gasteiger partial charge >= 0.3 is 5.97 Å². The zero-order valence-electron chi connectivity index (χ0n) is 27.7. The van der Waals surface area contributed by atoms with E-state index in [0.717, 1.165) is 56.9 Å². The average Bonchev–Trinajstić information content (AvgIpc) is 3.60. The smallest absolute Gasteiger partial charge is 0.334 e. The fraction of sp³-hybridized carbons (Fsp3) is 0.919. The number of esters is 1. The molecular formula is C37H68O5. The highest BCUT2D eigenvalue weighted by atomic mass is 16.5. The van der Waals surface area contributed by atoms with E-state index in [2.05, 4.69) is 6.92 Å². The molecule has 0 spiro atoms. The first-order chi connectivity index (χ1) is 20.5. The Bertz CT molecular complexity index is 692. The van der Waals surface area contributed by atoms with Gasteiger partial charge in [-0.15, -0.1) is 0 Å². The van der Waals surface area contributed by atoms with E-state index in [4.69, 9.17) is 9.47 Å². The van der Waals surface area contributed by atoms with E-state index in [1.807, 2.05) is 13.0 Å². The number of cyclic esters (lactones) is 1. The van der Waals surface area contributed by atoms with Crippen molar-refractivity contribution >= 4 is 5.97 Å². The van der Waals surface area contributed by atoms with Crippen molar-refractivity contribution in [2.75, 3.05) is 0 Å². The van der Waals surface area contributed by atoms with Crippen molar-refractivity contribution in [2.45, 2.75) is 218 Å². The van der Waals surface area contributed by atoms with Gasteiger partial charge in [0.15, 0.2) is 0 Å². The van der Waals surface area contributed by atoms with Crippen LogP contribution in [-0.2, 0) is 14.3 Å². The first kappa shape index (κ1) is 37.3. The number of ether oxygens (including phenoxy) is 2. The summed E-state index contributed by atoms with van der Waals surface area (Å²) in [5, 5.41) is 21.2. The summed E-state index contributed by atoms with van der Waals surface area (Å²) in [6, 6.07) is 0. The van der Waals surface area contributed by atoms with Crippen molar-refractivity contribution < 1.29 is 24.5 Å². The van der Waals surface area contributed by atoms with Crippen molar-refractivity contribution in [3.63, 3.8) is 0 Å². The lowest BCUT2D eigenvalue weighted by Gasteiger charge is -2.22. The van der Waals surface area contributed by atoms with E-state index in [1.54, 1.807) is 0 Å². The maximum absolute atomic E-state index is 11.6. The van der Waals surface area contributed by atoms with Crippen molar-refractivity contribution in [1.29, 1.82) is 0 Å². The molecule has 2 aliphatic rings. The van der Waals surface area contributed by atoms with Gasteiger partial charge in [-0.05, 0) is 51.5 Å². The zero-order chi connectivity index (χ0) is 30.3. The standard InChI is InChI=1S/C37H68O5/c1-3-4-5-6-7-8-14-17-20-23-26-33(38)35-28-29-36(42-35)34(39)27-24-21-18-15-12-10-9-11-13-16-19-22-25-32-30-31(2)41-37(32)40/h30-31,33-36,38-39H,3-29H2,1-2H3/t31-,33+,34-,35-,36+/m1/s1. The highest BCUT2D eigenvalue weighted by Gasteiger charge is 2.34. The van der Waals surface area contributed by atoms with Gasteiger partial charge in [-0.25, -0.2) is 4.79 Å². The van der Waals surface area contributed by atoms with E-state index in [-0.39, 0.29) is 36.5 Å². The second-order valence-corrected chi connectivity index (χ2v) is 13.5. The van der Waals surface area contributed by atoms with Gasteiger partial charge in [-0.2, -0.15) is 0 Å². The molecule has 5 heteroatoms. The summed E-state index contributed by atoms with van der Waals surface area (Å²) in [6.45, 7) is 4.19. The lowest BCUT2D eigenvalue weighted by molar-refractivity contribution is -0.139. The molecule has 0 aromatic carbocycles. The molecular weight excluding hydrogens is 524 g/mol. The Morgan fingerprint density at radius 1 is 0.643 bits per heavy atom. The number of carbonyl (C=O) groups excluding carboxylic acids is 1. The summed E-state index contributed by atoms with van der Waals surface area (Å²) in [5.74, 6) is -0.111. The van der Waals surface area contributed by atoms with Crippen LogP contribution in [0.5, 0.6) is 0 Å². The molecule has 0 aromatic rings. The second kappa shape index (κ2) is 24.4. The summed E-state index contributed by atoms with van der Waals surface area (Å²) in [5.41, 5.74) is 0.877. The topological polar surface area (TPSA) is 76.0 Å². The van der Waals surface area contributed by atoms with Crippen molar-refractivity contribution in [3.05, 3.63) is 11.6 Å². The Morgan fingerprint density at radius 3 is 1.40 bits per heavy atom.